The van der Waals surface area contributed by atoms with Gasteiger partial charge in [0.05, 0.1) is 11.0 Å². The molecule has 0 unspecified atom stereocenters. The van der Waals surface area contributed by atoms with Gasteiger partial charge in [0.25, 0.3) is 0 Å². The first-order valence-corrected chi connectivity index (χ1v) is 25.3. The molecule has 3 nitrogen and oxygen atoms in total. The Kier molecular flexibility index (Phi) is 7.71. The Balaban J connectivity index is 1.23. The molecule has 2 aliphatic heterocycles. The van der Waals surface area contributed by atoms with E-state index in [1.165, 1.54) is 125 Å². The Morgan fingerprint density at radius 2 is 1.19 bits per heavy atom. The van der Waals surface area contributed by atoms with Crippen LogP contribution < -0.4 is 15.7 Å². The highest BCUT2D eigenvalue weighted by molar-refractivity contribution is 7.26. The molecule has 0 radical (unpaired) electrons. The van der Waals surface area contributed by atoms with Gasteiger partial charge in [0.2, 0.25) is 0 Å². The summed E-state index contributed by atoms with van der Waals surface area (Å²) in [5.41, 5.74) is 22.6. The zero-order chi connectivity index (χ0) is 46.7. The SMILES string of the molecule is CC(C)(C)c1ccc(N2B3c4cc5c(cc4-n4c6ccc(C(C)(C)C)cc6c6c7c(c(c3c64)-c3cc4oc6ccc(C(C)(C)C)cc6c4cc32)C(C)(C)c2ccccc2-7)sc2ccccc25)cc1. The van der Waals surface area contributed by atoms with Crippen LogP contribution in [0.4, 0.5) is 11.4 Å². The summed E-state index contributed by atoms with van der Waals surface area (Å²) in [6, 6.07) is 52.0. The molecular formula is C63H55BN2OS. The third-order valence-corrected chi connectivity index (χ3v) is 17.3. The fourth-order valence-corrected chi connectivity index (χ4v) is 13.8. The third kappa shape index (κ3) is 5.21. The molecule has 0 atom stereocenters. The standard InChI is InChI=1S/C63H55BN2OS/c1-60(2,3)34-20-24-37(25-21-34)66-48-31-41-40-28-36(62(7,8)9)23-27-50(40)67-51(41)32-44(48)56-57-54(39-17-12-14-18-45(39)63(57,10)11)55-43-29-35(61(4,5)6)22-26-47(43)65-49-33-53-42(38-16-13-15-19-52(38)68-53)30-46(49)64(66)58(56)59(55)65/h12-33H,1-11H3. The summed E-state index contributed by atoms with van der Waals surface area (Å²) < 4.78 is 12.3. The highest BCUT2D eigenvalue weighted by Gasteiger charge is 2.50. The van der Waals surface area contributed by atoms with Crippen LogP contribution in [0.2, 0.25) is 0 Å². The Morgan fingerprint density at radius 1 is 0.529 bits per heavy atom. The molecular weight excluding hydrogens is 844 g/mol. The van der Waals surface area contributed by atoms with Gasteiger partial charge >= 0.3 is 6.85 Å². The third-order valence-electron chi connectivity index (χ3n) is 16.2. The first-order valence-electron chi connectivity index (χ1n) is 24.5. The van der Waals surface area contributed by atoms with E-state index in [4.69, 9.17) is 4.42 Å². The summed E-state index contributed by atoms with van der Waals surface area (Å²) in [4.78, 5) is 2.72. The van der Waals surface area contributed by atoms with Crippen LogP contribution in [0.1, 0.15) is 104 Å². The molecule has 0 saturated carbocycles. The average molecular weight is 899 g/mol. The van der Waals surface area contributed by atoms with Gasteiger partial charge in [0.1, 0.15) is 11.2 Å². The van der Waals surface area contributed by atoms with Crippen molar-refractivity contribution in [2.45, 2.75) is 97.8 Å². The van der Waals surface area contributed by atoms with E-state index in [2.05, 4.69) is 219 Å². The highest BCUT2D eigenvalue weighted by atomic mass is 32.1. The van der Waals surface area contributed by atoms with Gasteiger partial charge in [-0.25, -0.2) is 0 Å². The number of benzene rings is 8. The minimum Gasteiger partial charge on any atom is -0.456 e. The van der Waals surface area contributed by atoms with Crippen molar-refractivity contribution in [2.24, 2.45) is 0 Å². The number of fused-ring (bicyclic) bond motifs is 19. The molecule has 14 rings (SSSR count). The van der Waals surface area contributed by atoms with E-state index < -0.39 is 0 Å². The van der Waals surface area contributed by atoms with Crippen LogP contribution >= 0.6 is 11.3 Å². The summed E-state index contributed by atoms with van der Waals surface area (Å²) in [6.45, 7) is 25.7. The van der Waals surface area contributed by atoms with Crippen molar-refractivity contribution in [3.05, 3.63) is 161 Å². The highest BCUT2D eigenvalue weighted by Crippen LogP contribution is 2.60. The van der Waals surface area contributed by atoms with Gasteiger partial charge in [-0.05, 0) is 132 Å². The molecule has 3 aliphatic rings. The fraction of sp³-hybridized carbons (Fsp3) is 0.238. The van der Waals surface area contributed by atoms with Gasteiger partial charge in [-0.2, -0.15) is 0 Å². The van der Waals surface area contributed by atoms with E-state index in [9.17, 15) is 0 Å². The molecule has 5 heteroatoms. The van der Waals surface area contributed by atoms with Gasteiger partial charge in [0, 0.05) is 69.8 Å². The number of hydrogen-bond acceptors (Lipinski definition) is 3. The van der Waals surface area contributed by atoms with Gasteiger partial charge in [-0.1, -0.05) is 149 Å². The lowest BCUT2D eigenvalue weighted by Gasteiger charge is -2.43. The molecule has 0 amide bonds. The zero-order valence-electron chi connectivity index (χ0n) is 41.0. The largest absolute Gasteiger partial charge is 0.456 e. The lowest BCUT2D eigenvalue weighted by molar-refractivity contribution is 0.590. The number of nitrogens with zero attached hydrogens (tertiary/aromatic N) is 2. The molecule has 0 spiro atoms. The second-order valence-electron chi connectivity index (χ2n) is 23.8. The number of aromatic nitrogens is 1. The fourth-order valence-electron chi connectivity index (χ4n) is 12.7. The van der Waals surface area contributed by atoms with E-state index in [1.807, 2.05) is 11.3 Å². The maximum atomic E-state index is 6.99. The molecule has 1 aliphatic carbocycles. The van der Waals surface area contributed by atoms with Crippen molar-refractivity contribution in [1.29, 1.82) is 0 Å². The van der Waals surface area contributed by atoms with Crippen LogP contribution in [0.15, 0.2) is 138 Å². The summed E-state index contributed by atoms with van der Waals surface area (Å²) in [5, 5.41) is 7.67. The molecule has 0 fully saturated rings. The predicted octanol–water partition coefficient (Wildman–Crippen LogP) is 16.5. The normalized spacial score (nSPS) is 15.0. The molecule has 11 aromatic rings. The maximum Gasteiger partial charge on any atom is 0.333 e. The summed E-state index contributed by atoms with van der Waals surface area (Å²) in [5.74, 6) is 0. The van der Waals surface area contributed by atoms with E-state index in [0.717, 1.165) is 16.6 Å². The molecule has 0 N–H and O–H groups in total. The van der Waals surface area contributed by atoms with Crippen molar-refractivity contribution in [1.82, 2.24) is 4.57 Å². The summed E-state index contributed by atoms with van der Waals surface area (Å²) in [6.07, 6.45) is 0. The van der Waals surface area contributed by atoms with E-state index in [-0.39, 0.29) is 28.5 Å². The molecule has 68 heavy (non-hydrogen) atoms. The molecule has 332 valence electrons. The van der Waals surface area contributed by atoms with Crippen LogP contribution in [-0.2, 0) is 21.7 Å². The van der Waals surface area contributed by atoms with E-state index in [0.29, 0.717) is 0 Å². The molecule has 0 saturated heterocycles. The van der Waals surface area contributed by atoms with Crippen LogP contribution in [0.5, 0.6) is 0 Å². The first-order chi connectivity index (χ1) is 32.4. The van der Waals surface area contributed by atoms with Crippen molar-refractivity contribution in [2.75, 3.05) is 4.81 Å². The van der Waals surface area contributed by atoms with Crippen molar-refractivity contribution in [3.63, 3.8) is 0 Å². The Morgan fingerprint density at radius 3 is 1.94 bits per heavy atom. The minimum absolute atomic E-state index is 0.00659. The van der Waals surface area contributed by atoms with Gasteiger partial charge in [-0.3, -0.25) is 0 Å². The Hall–Kier alpha value is -6.56. The summed E-state index contributed by atoms with van der Waals surface area (Å²) >= 11 is 1.91. The lowest BCUT2D eigenvalue weighted by atomic mass is 9.43. The topological polar surface area (TPSA) is 21.3 Å². The van der Waals surface area contributed by atoms with Crippen LogP contribution in [0, 0.1) is 0 Å². The Labute approximate surface area is 403 Å². The van der Waals surface area contributed by atoms with Crippen LogP contribution in [0.3, 0.4) is 0 Å². The van der Waals surface area contributed by atoms with Gasteiger partial charge < -0.3 is 13.8 Å². The zero-order valence-corrected chi connectivity index (χ0v) is 41.8. The van der Waals surface area contributed by atoms with Gasteiger partial charge in [0.15, 0.2) is 0 Å². The minimum atomic E-state index is -0.293. The van der Waals surface area contributed by atoms with Crippen molar-refractivity contribution < 1.29 is 4.42 Å². The lowest BCUT2D eigenvalue weighted by Crippen LogP contribution is -2.61. The first kappa shape index (κ1) is 40.5. The predicted molar refractivity (Wildman–Crippen MR) is 294 cm³/mol. The van der Waals surface area contributed by atoms with Crippen LogP contribution in [0.25, 0.3) is 91.9 Å². The molecule has 0 bridgehead atoms. The molecule has 8 aromatic carbocycles. The average Bonchev–Trinajstić information content (AvgIpc) is 4.02. The monoisotopic (exact) mass is 898 g/mol. The quantitative estimate of drug-likeness (QED) is 0.153. The van der Waals surface area contributed by atoms with Crippen molar-refractivity contribution in [3.8, 4) is 27.9 Å². The number of anilines is 2. The Bertz CT molecular complexity index is 4060. The van der Waals surface area contributed by atoms with Gasteiger partial charge in [-0.15, -0.1) is 11.3 Å². The number of hydrogen-bond donors (Lipinski definition) is 0. The van der Waals surface area contributed by atoms with Crippen molar-refractivity contribution >= 4 is 104 Å². The number of rotatable bonds is 1. The number of furan rings is 1. The maximum absolute atomic E-state index is 6.99. The second-order valence-corrected chi connectivity index (χ2v) is 24.8. The van der Waals surface area contributed by atoms with E-state index >= 15 is 0 Å². The number of thiophene rings is 1. The van der Waals surface area contributed by atoms with Crippen LogP contribution in [-0.4, -0.2) is 11.4 Å². The molecule has 3 aromatic heterocycles. The smallest absolute Gasteiger partial charge is 0.333 e. The summed E-state index contributed by atoms with van der Waals surface area (Å²) in [7, 11) is 0. The molecule has 5 heterocycles. The second kappa shape index (κ2) is 12.9. The van der Waals surface area contributed by atoms with E-state index in [1.54, 1.807) is 0 Å².